The van der Waals surface area contributed by atoms with Crippen LogP contribution >= 0.6 is 34.5 Å². The molecule has 8 heteroatoms. The summed E-state index contributed by atoms with van der Waals surface area (Å²) in [6.45, 7) is 1.47. The first-order valence-electron chi connectivity index (χ1n) is 6.40. The van der Waals surface area contributed by atoms with Crippen LogP contribution in [0.25, 0.3) is 0 Å². The normalized spacial score (nSPS) is 16.7. The molecule has 21 heavy (non-hydrogen) atoms. The Bertz CT molecular complexity index is 540. The second-order valence-electron chi connectivity index (χ2n) is 5.01. The van der Waals surface area contributed by atoms with E-state index in [2.05, 4.69) is 10.6 Å². The first kappa shape index (κ1) is 16.9. The molecule has 2 N–H and O–H groups in total. The highest BCUT2D eigenvalue weighted by Gasteiger charge is 2.32. The number of nitrogens with zero attached hydrogens (tertiary/aromatic N) is 1. The van der Waals surface area contributed by atoms with Crippen LogP contribution in [0.4, 0.5) is 8.78 Å². The summed E-state index contributed by atoms with van der Waals surface area (Å²) in [6.07, 6.45) is 0. The van der Waals surface area contributed by atoms with E-state index in [4.69, 9.17) is 11.6 Å². The molecule has 0 bridgehead atoms. The van der Waals surface area contributed by atoms with Gasteiger partial charge in [-0.1, -0.05) is 11.6 Å². The molecule has 1 heterocycles. The third-order valence-electron chi connectivity index (χ3n) is 3.34. The molecule has 1 aliphatic heterocycles. The molecule has 1 aromatic carbocycles. The molecular weight excluding hydrogens is 415 g/mol. The molecule has 1 unspecified atom stereocenters. The zero-order chi connectivity index (χ0) is 15.6. The van der Waals surface area contributed by atoms with Gasteiger partial charge in [0.25, 0.3) is 0 Å². The van der Waals surface area contributed by atoms with E-state index >= 15 is 0 Å². The monoisotopic (exact) mass is 429 g/mol. The van der Waals surface area contributed by atoms with Gasteiger partial charge in [-0.2, -0.15) is 0 Å². The van der Waals surface area contributed by atoms with Crippen LogP contribution in [0.15, 0.2) is 12.1 Å². The summed E-state index contributed by atoms with van der Waals surface area (Å²) >= 11 is 7.55. The predicted octanol–water partition coefficient (Wildman–Crippen LogP) is 2.28. The minimum Gasteiger partial charge on any atom is -0.348 e. The van der Waals surface area contributed by atoms with Crippen molar-refractivity contribution in [2.75, 3.05) is 26.7 Å². The molecule has 1 aromatic rings. The summed E-state index contributed by atoms with van der Waals surface area (Å²) in [5, 5.41) is 5.58. The summed E-state index contributed by atoms with van der Waals surface area (Å²) in [5.41, 5.74) is 0.132. The quantitative estimate of drug-likeness (QED) is 0.429. The van der Waals surface area contributed by atoms with E-state index < -0.39 is 17.7 Å². The van der Waals surface area contributed by atoms with Crippen molar-refractivity contribution in [1.29, 1.82) is 0 Å². The van der Waals surface area contributed by atoms with Crippen LogP contribution in [0.2, 0.25) is 5.02 Å². The number of likely N-dealkylation sites (N-methyl/N-ethyl adjacent to an activating group) is 1. The molecule has 1 amide bonds. The van der Waals surface area contributed by atoms with E-state index in [-0.39, 0.29) is 29.0 Å². The van der Waals surface area contributed by atoms with Crippen LogP contribution in [-0.2, 0) is 4.79 Å². The molecule has 0 aromatic heterocycles. The number of amides is 1. The van der Waals surface area contributed by atoms with Crippen molar-refractivity contribution in [3.63, 3.8) is 0 Å². The van der Waals surface area contributed by atoms with Gasteiger partial charge < -0.3 is 10.6 Å². The fraction of sp³-hybridized carbons (Fsp3) is 0.462. The fourth-order valence-corrected chi connectivity index (χ4v) is 2.65. The van der Waals surface area contributed by atoms with Gasteiger partial charge >= 0.3 is 0 Å². The Morgan fingerprint density at radius 1 is 1.52 bits per heavy atom. The van der Waals surface area contributed by atoms with E-state index in [0.717, 1.165) is 12.1 Å². The number of benzene rings is 1. The Kier molecular flexibility index (Phi) is 5.75. The first-order chi connectivity index (χ1) is 9.88. The topological polar surface area (TPSA) is 44.4 Å². The van der Waals surface area contributed by atoms with Crippen molar-refractivity contribution >= 4 is 40.4 Å². The SMILES string of the molecule is CN(I)CC(=O)NC(c1cc(F)c(Cl)cc1F)C1CNC1. The third kappa shape index (κ3) is 4.24. The zero-order valence-electron chi connectivity index (χ0n) is 11.3. The van der Waals surface area contributed by atoms with Crippen molar-refractivity contribution in [2.24, 2.45) is 5.92 Å². The number of halogens is 4. The van der Waals surface area contributed by atoms with Crippen molar-refractivity contribution in [2.45, 2.75) is 6.04 Å². The lowest BCUT2D eigenvalue weighted by Gasteiger charge is -2.35. The second kappa shape index (κ2) is 7.17. The molecule has 0 aliphatic carbocycles. The molecule has 1 saturated heterocycles. The van der Waals surface area contributed by atoms with Gasteiger partial charge in [0.15, 0.2) is 0 Å². The Balaban J connectivity index is 2.24. The summed E-state index contributed by atoms with van der Waals surface area (Å²) in [6, 6.07) is 1.44. The minimum absolute atomic E-state index is 0.0311. The van der Waals surface area contributed by atoms with Crippen molar-refractivity contribution < 1.29 is 13.6 Å². The summed E-state index contributed by atoms with van der Waals surface area (Å²) in [4.78, 5) is 11.9. The number of carbonyl (C=O) groups excluding carboxylic acids is 1. The number of hydrogen-bond acceptors (Lipinski definition) is 3. The molecule has 0 radical (unpaired) electrons. The molecular formula is C13H15ClF2IN3O. The lowest BCUT2D eigenvalue weighted by Crippen LogP contribution is -2.51. The van der Waals surface area contributed by atoms with Gasteiger partial charge in [-0.25, -0.2) is 11.9 Å². The van der Waals surface area contributed by atoms with Crippen LogP contribution in [0, 0.1) is 17.6 Å². The smallest absolute Gasteiger partial charge is 0.235 e. The van der Waals surface area contributed by atoms with Crippen molar-refractivity contribution in [3.05, 3.63) is 34.4 Å². The zero-order valence-corrected chi connectivity index (χ0v) is 14.2. The number of hydrogen-bond donors (Lipinski definition) is 2. The number of nitrogens with one attached hydrogen (secondary N) is 2. The summed E-state index contributed by atoms with van der Waals surface area (Å²) in [5.74, 6) is -1.51. The molecule has 116 valence electrons. The van der Waals surface area contributed by atoms with Crippen LogP contribution in [0.3, 0.4) is 0 Å². The van der Waals surface area contributed by atoms with Gasteiger partial charge in [0, 0.05) is 47.4 Å². The fourth-order valence-electron chi connectivity index (χ4n) is 2.19. The van der Waals surface area contributed by atoms with Gasteiger partial charge in [-0.15, -0.1) is 0 Å². The third-order valence-corrected chi connectivity index (χ3v) is 3.97. The largest absolute Gasteiger partial charge is 0.348 e. The maximum Gasteiger partial charge on any atom is 0.235 e. The van der Waals surface area contributed by atoms with Gasteiger partial charge in [-0.3, -0.25) is 4.79 Å². The van der Waals surface area contributed by atoms with Crippen molar-refractivity contribution in [3.8, 4) is 0 Å². The Morgan fingerprint density at radius 2 is 2.19 bits per heavy atom. The minimum atomic E-state index is -0.689. The van der Waals surface area contributed by atoms with Gasteiger partial charge in [0.05, 0.1) is 17.6 Å². The number of carbonyl (C=O) groups is 1. The lowest BCUT2D eigenvalue weighted by molar-refractivity contribution is -0.122. The molecule has 0 spiro atoms. The summed E-state index contributed by atoms with van der Waals surface area (Å²) in [7, 11) is 1.75. The number of rotatable bonds is 5. The molecule has 1 atom stereocenters. The van der Waals surface area contributed by atoms with E-state index in [1.807, 2.05) is 22.9 Å². The van der Waals surface area contributed by atoms with E-state index in [0.29, 0.717) is 13.1 Å². The van der Waals surface area contributed by atoms with Gasteiger partial charge in [0.1, 0.15) is 11.6 Å². The Morgan fingerprint density at radius 3 is 2.71 bits per heavy atom. The van der Waals surface area contributed by atoms with Crippen LogP contribution in [0.1, 0.15) is 11.6 Å². The van der Waals surface area contributed by atoms with E-state index in [1.165, 1.54) is 0 Å². The van der Waals surface area contributed by atoms with Crippen molar-refractivity contribution in [1.82, 2.24) is 13.7 Å². The molecule has 2 rings (SSSR count). The Labute approximate surface area is 140 Å². The van der Waals surface area contributed by atoms with Crippen LogP contribution in [0.5, 0.6) is 0 Å². The standard InChI is InChI=1S/C13H15ClF2IN3O/c1-20(17)6-12(21)19-13(7-4-18-5-7)8-2-11(16)9(14)3-10(8)15/h2-3,7,13,18H,4-6H2,1H3,(H,19,21). The van der Waals surface area contributed by atoms with Crippen LogP contribution in [-0.4, -0.2) is 35.7 Å². The van der Waals surface area contributed by atoms with Crippen LogP contribution < -0.4 is 10.6 Å². The Hall–Kier alpha value is -0.510. The summed E-state index contributed by atoms with van der Waals surface area (Å²) < 4.78 is 29.4. The molecule has 1 aliphatic rings. The average molecular weight is 430 g/mol. The molecule has 4 nitrogen and oxygen atoms in total. The predicted molar refractivity (Wildman–Crippen MR) is 85.3 cm³/mol. The highest BCUT2D eigenvalue weighted by atomic mass is 127. The lowest BCUT2D eigenvalue weighted by atomic mass is 9.88. The van der Waals surface area contributed by atoms with E-state index in [9.17, 15) is 13.6 Å². The second-order valence-corrected chi connectivity index (χ2v) is 7.07. The van der Waals surface area contributed by atoms with Gasteiger partial charge in [-0.05, 0) is 19.2 Å². The highest BCUT2D eigenvalue weighted by molar-refractivity contribution is 14.1. The highest BCUT2D eigenvalue weighted by Crippen LogP contribution is 2.30. The van der Waals surface area contributed by atoms with Gasteiger partial charge in [0.2, 0.25) is 5.91 Å². The maximum absolute atomic E-state index is 14.1. The maximum atomic E-state index is 14.1. The molecule has 1 fully saturated rings. The van der Waals surface area contributed by atoms with E-state index in [1.54, 1.807) is 10.2 Å². The first-order valence-corrected chi connectivity index (χ1v) is 7.74. The average Bonchev–Trinajstić information content (AvgIpc) is 2.29. The molecule has 0 saturated carbocycles.